The van der Waals surface area contributed by atoms with Crippen molar-refractivity contribution >= 4 is 16.3 Å². The number of halogens is 3. The van der Waals surface area contributed by atoms with Crippen molar-refractivity contribution in [3.63, 3.8) is 0 Å². The van der Waals surface area contributed by atoms with Crippen molar-refractivity contribution in [1.82, 2.24) is 10.1 Å². The van der Waals surface area contributed by atoms with Crippen molar-refractivity contribution in [1.29, 1.82) is 0 Å². The van der Waals surface area contributed by atoms with Gasteiger partial charge in [0.1, 0.15) is 6.61 Å². The highest BCUT2D eigenvalue weighted by atomic mass is 32.1. The Morgan fingerprint density at radius 1 is 1.43 bits per heavy atom. The highest BCUT2D eigenvalue weighted by molar-refractivity contribution is 7.16. The fourth-order valence-corrected chi connectivity index (χ4v) is 2.48. The first-order chi connectivity index (χ1) is 9.89. The van der Waals surface area contributed by atoms with Crippen LogP contribution < -0.4 is 5.73 Å². The Labute approximate surface area is 122 Å². The first-order valence-corrected chi connectivity index (χ1v) is 7.06. The third kappa shape index (κ3) is 4.43. The summed E-state index contributed by atoms with van der Waals surface area (Å²) in [4.78, 5) is 5.20. The van der Waals surface area contributed by atoms with Gasteiger partial charge in [0.2, 0.25) is 0 Å². The molecule has 0 aliphatic carbocycles. The number of aryl methyl sites for hydroxylation is 1. The van der Waals surface area contributed by atoms with E-state index in [1.807, 2.05) is 13.0 Å². The maximum absolute atomic E-state index is 11.9. The van der Waals surface area contributed by atoms with Gasteiger partial charge in [-0.15, -0.1) is 11.3 Å². The first-order valence-electron chi connectivity index (χ1n) is 6.24. The van der Waals surface area contributed by atoms with Gasteiger partial charge in [-0.25, -0.2) is 0 Å². The molecule has 0 amide bonds. The van der Waals surface area contributed by atoms with Crippen LogP contribution in [0, 0.1) is 0 Å². The number of aromatic nitrogens is 2. The summed E-state index contributed by atoms with van der Waals surface area (Å²) in [7, 11) is 0. The molecule has 0 atom stereocenters. The van der Waals surface area contributed by atoms with Crippen LogP contribution in [0.15, 0.2) is 10.6 Å². The lowest BCUT2D eigenvalue weighted by molar-refractivity contribution is -0.173. The molecule has 2 N–H and O–H groups in total. The van der Waals surface area contributed by atoms with Gasteiger partial charge in [0.05, 0.1) is 17.2 Å². The molecule has 5 nitrogen and oxygen atoms in total. The molecule has 0 bridgehead atoms. The van der Waals surface area contributed by atoms with Crippen LogP contribution in [-0.2, 0) is 17.6 Å². The van der Waals surface area contributed by atoms with Crippen LogP contribution in [0.4, 0.5) is 18.2 Å². The average Bonchev–Trinajstić information content (AvgIpc) is 2.99. The lowest BCUT2D eigenvalue weighted by Gasteiger charge is -2.05. The van der Waals surface area contributed by atoms with Gasteiger partial charge < -0.3 is 15.0 Å². The Bertz CT molecular complexity index is 595. The third-order valence-corrected chi connectivity index (χ3v) is 3.70. The van der Waals surface area contributed by atoms with Crippen molar-refractivity contribution < 1.29 is 22.4 Å². The van der Waals surface area contributed by atoms with Gasteiger partial charge in [-0.3, -0.25) is 0 Å². The van der Waals surface area contributed by atoms with E-state index in [4.69, 9.17) is 10.3 Å². The number of nitrogens with zero attached hydrogens (tertiary/aromatic N) is 2. The molecule has 9 heteroatoms. The SMILES string of the molecule is CCc1cc(-c2nc(CCOCC(F)(F)F)no2)c(N)s1. The molecule has 0 spiro atoms. The molecular formula is C12H14F3N3O2S. The van der Waals surface area contributed by atoms with Crippen LogP contribution in [0.25, 0.3) is 11.5 Å². The van der Waals surface area contributed by atoms with Crippen molar-refractivity contribution in [3.8, 4) is 11.5 Å². The van der Waals surface area contributed by atoms with Crippen LogP contribution in [0.1, 0.15) is 17.6 Å². The number of thiophene rings is 1. The zero-order valence-corrected chi connectivity index (χ0v) is 12.1. The molecule has 0 saturated heterocycles. The molecule has 0 aliphatic heterocycles. The van der Waals surface area contributed by atoms with Gasteiger partial charge in [0.15, 0.2) is 5.82 Å². The summed E-state index contributed by atoms with van der Waals surface area (Å²) in [5.41, 5.74) is 6.53. The van der Waals surface area contributed by atoms with Crippen molar-refractivity contribution in [2.24, 2.45) is 0 Å². The summed E-state index contributed by atoms with van der Waals surface area (Å²) in [6.45, 7) is 0.596. The van der Waals surface area contributed by atoms with E-state index in [1.54, 1.807) is 0 Å². The number of ether oxygens (including phenoxy) is 1. The second-order valence-electron chi connectivity index (χ2n) is 4.28. The average molecular weight is 321 g/mol. The molecule has 0 radical (unpaired) electrons. The number of alkyl halides is 3. The first kappa shape index (κ1) is 15.8. The molecule has 2 aromatic heterocycles. The Balaban J connectivity index is 1.93. The van der Waals surface area contributed by atoms with Crippen LogP contribution >= 0.6 is 11.3 Å². The molecular weight excluding hydrogens is 307 g/mol. The Morgan fingerprint density at radius 2 is 2.19 bits per heavy atom. The lowest BCUT2D eigenvalue weighted by atomic mass is 10.2. The highest BCUT2D eigenvalue weighted by Crippen LogP contribution is 2.33. The van der Waals surface area contributed by atoms with E-state index >= 15 is 0 Å². The molecule has 0 aliphatic rings. The fraction of sp³-hybridized carbons (Fsp3) is 0.500. The summed E-state index contributed by atoms with van der Waals surface area (Å²) in [6, 6.07) is 1.87. The van der Waals surface area contributed by atoms with Crippen molar-refractivity contribution in [2.75, 3.05) is 18.9 Å². The number of nitrogen functional groups attached to an aromatic ring is 1. The molecule has 21 heavy (non-hydrogen) atoms. The number of anilines is 1. The van der Waals surface area contributed by atoms with E-state index in [-0.39, 0.29) is 24.7 Å². The monoisotopic (exact) mass is 321 g/mol. The zero-order valence-electron chi connectivity index (χ0n) is 11.2. The molecule has 0 aromatic carbocycles. The van der Waals surface area contributed by atoms with Crippen molar-refractivity contribution in [2.45, 2.75) is 25.9 Å². The Kier molecular flexibility index (Phi) is 4.84. The number of hydrogen-bond donors (Lipinski definition) is 1. The highest BCUT2D eigenvalue weighted by Gasteiger charge is 2.27. The second-order valence-corrected chi connectivity index (χ2v) is 5.45. The second kappa shape index (κ2) is 6.44. The van der Waals surface area contributed by atoms with E-state index in [9.17, 15) is 13.2 Å². The van der Waals surface area contributed by atoms with E-state index in [1.165, 1.54) is 11.3 Å². The Hall–Kier alpha value is -1.61. The maximum atomic E-state index is 11.9. The van der Waals surface area contributed by atoms with Crippen LogP contribution in [0.5, 0.6) is 0 Å². The van der Waals surface area contributed by atoms with E-state index in [0.29, 0.717) is 10.6 Å². The largest absolute Gasteiger partial charge is 0.411 e. The lowest BCUT2D eigenvalue weighted by Crippen LogP contribution is -2.18. The normalized spacial score (nSPS) is 12.0. The summed E-state index contributed by atoms with van der Waals surface area (Å²) in [5.74, 6) is 0.560. The minimum absolute atomic E-state index is 0.127. The Morgan fingerprint density at radius 3 is 2.81 bits per heavy atom. The van der Waals surface area contributed by atoms with Gasteiger partial charge in [0, 0.05) is 11.3 Å². The minimum Gasteiger partial charge on any atom is -0.390 e. The topological polar surface area (TPSA) is 74.2 Å². The fourth-order valence-electron chi connectivity index (χ4n) is 1.62. The maximum Gasteiger partial charge on any atom is 0.411 e. The minimum atomic E-state index is -4.33. The predicted octanol–water partition coefficient (Wildman–Crippen LogP) is 3.06. The summed E-state index contributed by atoms with van der Waals surface area (Å²) < 4.78 is 45.3. The van der Waals surface area contributed by atoms with E-state index < -0.39 is 12.8 Å². The number of nitrogens with two attached hydrogens (primary N) is 1. The van der Waals surface area contributed by atoms with E-state index in [0.717, 1.165) is 11.3 Å². The van der Waals surface area contributed by atoms with E-state index in [2.05, 4.69) is 14.9 Å². The smallest absolute Gasteiger partial charge is 0.390 e. The number of hydrogen-bond acceptors (Lipinski definition) is 6. The van der Waals surface area contributed by atoms with Gasteiger partial charge in [0.25, 0.3) is 5.89 Å². The molecule has 2 heterocycles. The molecule has 0 unspecified atom stereocenters. The molecule has 0 fully saturated rings. The quantitative estimate of drug-likeness (QED) is 0.828. The summed E-state index contributed by atoms with van der Waals surface area (Å²) >= 11 is 1.44. The molecule has 116 valence electrons. The van der Waals surface area contributed by atoms with Gasteiger partial charge in [-0.2, -0.15) is 18.2 Å². The van der Waals surface area contributed by atoms with Crippen LogP contribution in [0.2, 0.25) is 0 Å². The van der Waals surface area contributed by atoms with Crippen LogP contribution in [0.3, 0.4) is 0 Å². The van der Waals surface area contributed by atoms with Crippen LogP contribution in [-0.4, -0.2) is 29.5 Å². The number of rotatable bonds is 6. The zero-order chi connectivity index (χ0) is 15.5. The van der Waals surface area contributed by atoms with Crippen molar-refractivity contribution in [3.05, 3.63) is 16.8 Å². The standard InChI is InChI=1S/C12H14F3N3O2S/c1-2-7-5-8(10(16)21-7)11-17-9(18-20-11)3-4-19-6-12(13,14)15/h5H,2-4,6,16H2,1H3. The molecule has 2 aromatic rings. The van der Waals surface area contributed by atoms with Gasteiger partial charge in [-0.1, -0.05) is 12.1 Å². The predicted molar refractivity (Wildman–Crippen MR) is 72.0 cm³/mol. The van der Waals surface area contributed by atoms with Gasteiger partial charge in [-0.05, 0) is 12.5 Å². The third-order valence-electron chi connectivity index (χ3n) is 2.59. The summed E-state index contributed by atoms with van der Waals surface area (Å²) in [5, 5.41) is 4.28. The van der Waals surface area contributed by atoms with Gasteiger partial charge >= 0.3 is 6.18 Å². The summed E-state index contributed by atoms with van der Waals surface area (Å²) in [6.07, 6.45) is -3.34. The molecule has 0 saturated carbocycles. The molecule has 2 rings (SSSR count).